The summed E-state index contributed by atoms with van der Waals surface area (Å²) in [6.45, 7) is 10.2. The van der Waals surface area contributed by atoms with Crippen LogP contribution in [0.15, 0.2) is 35.3 Å². The van der Waals surface area contributed by atoms with E-state index < -0.39 is 0 Å². The third-order valence-electron chi connectivity index (χ3n) is 4.23. The summed E-state index contributed by atoms with van der Waals surface area (Å²) < 4.78 is 0. The van der Waals surface area contributed by atoms with Crippen LogP contribution in [0.3, 0.4) is 0 Å². The number of aromatic nitrogens is 1. The first-order chi connectivity index (χ1) is 11.5. The maximum Gasteiger partial charge on any atom is 0.191 e. The number of rotatable bonds is 6. The number of nitrogens with zero attached hydrogens (tertiary/aromatic N) is 2. The maximum absolute atomic E-state index is 4.56. The van der Waals surface area contributed by atoms with Crippen LogP contribution in [-0.2, 0) is 6.54 Å². The van der Waals surface area contributed by atoms with E-state index in [0.717, 1.165) is 23.2 Å². The highest BCUT2D eigenvalue weighted by molar-refractivity contribution is 7.11. The van der Waals surface area contributed by atoms with Gasteiger partial charge in [-0.25, -0.2) is 4.98 Å². The molecular formula is C19H28N4S. The molecule has 1 aromatic heterocycles. The third-order valence-corrected chi connectivity index (χ3v) is 5.30. The van der Waals surface area contributed by atoms with Crippen LogP contribution in [0, 0.1) is 19.8 Å². The fourth-order valence-corrected chi connectivity index (χ4v) is 3.51. The maximum atomic E-state index is 4.56. The van der Waals surface area contributed by atoms with Gasteiger partial charge in [0.15, 0.2) is 5.96 Å². The van der Waals surface area contributed by atoms with E-state index in [9.17, 15) is 0 Å². The highest BCUT2D eigenvalue weighted by Crippen LogP contribution is 2.23. The lowest BCUT2D eigenvalue weighted by Crippen LogP contribution is -2.39. The van der Waals surface area contributed by atoms with Crippen molar-refractivity contribution in [2.45, 2.75) is 40.2 Å². The quantitative estimate of drug-likeness (QED) is 0.618. The lowest BCUT2D eigenvalue weighted by atomic mass is 9.88. The van der Waals surface area contributed by atoms with Gasteiger partial charge >= 0.3 is 0 Å². The highest BCUT2D eigenvalue weighted by atomic mass is 32.1. The van der Waals surface area contributed by atoms with Crippen LogP contribution in [0.2, 0.25) is 0 Å². The molecule has 0 radical (unpaired) electrons. The van der Waals surface area contributed by atoms with Crippen LogP contribution in [0.4, 0.5) is 0 Å². The molecule has 0 aliphatic carbocycles. The van der Waals surface area contributed by atoms with Gasteiger partial charge in [0.25, 0.3) is 0 Å². The number of benzene rings is 1. The van der Waals surface area contributed by atoms with Gasteiger partial charge in [-0.05, 0) is 25.3 Å². The normalized spacial score (nSPS) is 13.2. The molecule has 0 saturated heterocycles. The van der Waals surface area contributed by atoms with Gasteiger partial charge < -0.3 is 10.6 Å². The Hall–Kier alpha value is -1.88. The molecule has 0 aliphatic heterocycles. The van der Waals surface area contributed by atoms with Gasteiger partial charge in [0.2, 0.25) is 0 Å². The first-order valence-electron chi connectivity index (χ1n) is 8.43. The predicted molar refractivity (Wildman–Crippen MR) is 104 cm³/mol. The second-order valence-electron chi connectivity index (χ2n) is 6.32. The van der Waals surface area contributed by atoms with Crippen LogP contribution < -0.4 is 10.6 Å². The van der Waals surface area contributed by atoms with Crippen molar-refractivity contribution in [2.24, 2.45) is 10.9 Å². The van der Waals surface area contributed by atoms with Gasteiger partial charge in [-0.1, -0.05) is 44.2 Å². The average molecular weight is 345 g/mol. The van der Waals surface area contributed by atoms with Crippen LogP contribution in [0.1, 0.15) is 40.9 Å². The molecule has 24 heavy (non-hydrogen) atoms. The van der Waals surface area contributed by atoms with Crippen molar-refractivity contribution >= 4 is 17.3 Å². The van der Waals surface area contributed by atoms with E-state index in [2.05, 4.69) is 78.6 Å². The topological polar surface area (TPSA) is 49.3 Å². The van der Waals surface area contributed by atoms with Gasteiger partial charge in [-0.15, -0.1) is 11.3 Å². The van der Waals surface area contributed by atoms with E-state index in [0.29, 0.717) is 18.4 Å². The highest BCUT2D eigenvalue weighted by Gasteiger charge is 2.16. The summed E-state index contributed by atoms with van der Waals surface area (Å²) in [4.78, 5) is 10.2. The van der Waals surface area contributed by atoms with Crippen LogP contribution in [0.25, 0.3) is 0 Å². The summed E-state index contributed by atoms with van der Waals surface area (Å²) in [5.41, 5.74) is 2.48. The first kappa shape index (κ1) is 18.5. The number of aryl methyl sites for hydroxylation is 2. The molecule has 0 amide bonds. The van der Waals surface area contributed by atoms with E-state index in [1.165, 1.54) is 10.4 Å². The largest absolute Gasteiger partial charge is 0.356 e. The van der Waals surface area contributed by atoms with Gasteiger partial charge in [0, 0.05) is 24.4 Å². The van der Waals surface area contributed by atoms with E-state index in [-0.39, 0.29) is 0 Å². The Bertz CT molecular complexity index is 642. The van der Waals surface area contributed by atoms with Gasteiger partial charge in [-0.2, -0.15) is 0 Å². The molecular weight excluding hydrogens is 316 g/mol. The van der Waals surface area contributed by atoms with Crippen LogP contribution in [-0.4, -0.2) is 24.5 Å². The SMILES string of the molecule is CN=C(NCc1nc(C)c(C)s1)NCC(c1ccccc1)C(C)C. The number of hydrogen-bond donors (Lipinski definition) is 2. The lowest BCUT2D eigenvalue weighted by Gasteiger charge is -2.23. The third kappa shape index (κ3) is 5.06. The Kier molecular flexibility index (Phi) is 6.79. The smallest absolute Gasteiger partial charge is 0.191 e. The molecule has 0 bridgehead atoms. The molecule has 2 N–H and O–H groups in total. The minimum Gasteiger partial charge on any atom is -0.356 e. The number of guanidine groups is 1. The zero-order valence-corrected chi connectivity index (χ0v) is 16.1. The molecule has 4 nitrogen and oxygen atoms in total. The predicted octanol–water partition coefficient (Wildman–Crippen LogP) is 3.86. The fraction of sp³-hybridized carbons (Fsp3) is 0.474. The summed E-state index contributed by atoms with van der Waals surface area (Å²) in [7, 11) is 1.81. The summed E-state index contributed by atoms with van der Waals surface area (Å²) in [5, 5.41) is 7.91. The molecule has 1 heterocycles. The van der Waals surface area contributed by atoms with Crippen molar-refractivity contribution in [3.8, 4) is 0 Å². The zero-order valence-electron chi connectivity index (χ0n) is 15.3. The second-order valence-corrected chi connectivity index (χ2v) is 7.60. The Morgan fingerprint density at radius 1 is 1.17 bits per heavy atom. The molecule has 0 saturated carbocycles. The summed E-state index contributed by atoms with van der Waals surface area (Å²) in [5.74, 6) is 1.83. The number of aliphatic imine (C=N–C) groups is 1. The van der Waals surface area contributed by atoms with Gasteiger partial charge in [0.1, 0.15) is 5.01 Å². The minimum atomic E-state index is 0.453. The molecule has 0 fully saturated rings. The Balaban J connectivity index is 1.92. The molecule has 1 atom stereocenters. The monoisotopic (exact) mass is 344 g/mol. The Morgan fingerprint density at radius 2 is 1.88 bits per heavy atom. The zero-order chi connectivity index (χ0) is 17.5. The molecule has 2 rings (SSSR count). The minimum absolute atomic E-state index is 0.453. The van der Waals surface area contributed by atoms with Crippen molar-refractivity contribution in [1.82, 2.24) is 15.6 Å². The van der Waals surface area contributed by atoms with Crippen molar-refractivity contribution < 1.29 is 0 Å². The van der Waals surface area contributed by atoms with Crippen molar-refractivity contribution in [3.05, 3.63) is 51.5 Å². The van der Waals surface area contributed by atoms with Crippen molar-refractivity contribution in [2.75, 3.05) is 13.6 Å². The molecule has 0 spiro atoms. The Labute approximate surface area is 149 Å². The van der Waals surface area contributed by atoms with Gasteiger partial charge in [-0.3, -0.25) is 4.99 Å². The Morgan fingerprint density at radius 3 is 2.42 bits per heavy atom. The fourth-order valence-electron chi connectivity index (χ4n) is 2.64. The number of hydrogen-bond acceptors (Lipinski definition) is 3. The van der Waals surface area contributed by atoms with E-state index in [1.807, 2.05) is 0 Å². The standard InChI is InChI=1S/C19H28N4S/c1-13(2)17(16-9-7-6-8-10-16)11-21-19(20-5)22-12-18-23-14(3)15(4)24-18/h6-10,13,17H,11-12H2,1-5H3,(H2,20,21,22). The average Bonchev–Trinajstić information content (AvgIpc) is 2.89. The molecule has 1 unspecified atom stereocenters. The summed E-state index contributed by atoms with van der Waals surface area (Å²) >= 11 is 1.74. The van der Waals surface area contributed by atoms with Crippen molar-refractivity contribution in [1.29, 1.82) is 0 Å². The molecule has 2 aromatic rings. The number of nitrogens with one attached hydrogen (secondary N) is 2. The van der Waals surface area contributed by atoms with Crippen LogP contribution in [0.5, 0.6) is 0 Å². The lowest BCUT2D eigenvalue weighted by molar-refractivity contribution is 0.488. The van der Waals surface area contributed by atoms with Crippen LogP contribution >= 0.6 is 11.3 Å². The molecule has 130 valence electrons. The van der Waals surface area contributed by atoms with Gasteiger partial charge in [0.05, 0.1) is 12.2 Å². The second kappa shape index (κ2) is 8.83. The molecule has 5 heteroatoms. The molecule has 0 aliphatic rings. The first-order valence-corrected chi connectivity index (χ1v) is 9.25. The van der Waals surface area contributed by atoms with E-state index in [4.69, 9.17) is 0 Å². The molecule has 1 aromatic carbocycles. The van der Waals surface area contributed by atoms with E-state index in [1.54, 1.807) is 18.4 Å². The summed E-state index contributed by atoms with van der Waals surface area (Å²) in [6, 6.07) is 10.7. The van der Waals surface area contributed by atoms with E-state index >= 15 is 0 Å². The van der Waals surface area contributed by atoms with Crippen molar-refractivity contribution in [3.63, 3.8) is 0 Å². The summed E-state index contributed by atoms with van der Waals surface area (Å²) in [6.07, 6.45) is 0. The number of thiazole rings is 1.